The fraction of sp³-hybridized carbons (Fsp3) is 0.174. The summed E-state index contributed by atoms with van der Waals surface area (Å²) in [6.07, 6.45) is 0.903. The number of sulfonamides is 1. The minimum atomic E-state index is -3.98. The van der Waals surface area contributed by atoms with Gasteiger partial charge < -0.3 is 5.32 Å². The van der Waals surface area contributed by atoms with Crippen LogP contribution in [0, 0.1) is 13.8 Å². The highest BCUT2D eigenvalue weighted by Gasteiger charge is 2.21. The molecule has 0 saturated carbocycles. The van der Waals surface area contributed by atoms with Crippen molar-refractivity contribution in [3.05, 3.63) is 87.9 Å². The molecule has 2 N–H and O–H groups in total. The number of nitrogens with one attached hydrogen (secondary N) is 2. The molecule has 1 amide bonds. The van der Waals surface area contributed by atoms with Gasteiger partial charge in [0.15, 0.2) is 0 Å². The molecule has 3 aromatic rings. The van der Waals surface area contributed by atoms with Crippen LogP contribution in [0.25, 0.3) is 0 Å². The molecule has 0 unspecified atom stereocenters. The highest BCUT2D eigenvalue weighted by Crippen LogP contribution is 2.27. The van der Waals surface area contributed by atoms with E-state index in [0.29, 0.717) is 11.4 Å². The molecule has 0 spiro atoms. The van der Waals surface area contributed by atoms with Gasteiger partial charge in [-0.2, -0.15) is 0 Å². The van der Waals surface area contributed by atoms with Crippen LogP contribution in [-0.4, -0.2) is 14.3 Å². The smallest absolute Gasteiger partial charge is 0.263 e. The van der Waals surface area contributed by atoms with Gasteiger partial charge in [0.1, 0.15) is 4.90 Å². The lowest BCUT2D eigenvalue weighted by Gasteiger charge is -2.13. The van der Waals surface area contributed by atoms with Gasteiger partial charge in [0.05, 0.1) is 10.7 Å². The van der Waals surface area contributed by atoms with Crippen molar-refractivity contribution in [2.45, 2.75) is 32.1 Å². The molecule has 0 aromatic heterocycles. The van der Waals surface area contributed by atoms with Crippen molar-refractivity contribution in [3.8, 4) is 0 Å². The average Bonchev–Trinajstić information content (AvgIpc) is 2.71. The van der Waals surface area contributed by atoms with E-state index in [1.807, 2.05) is 50.2 Å². The number of hydrogen-bond donors (Lipinski definition) is 2. The van der Waals surface area contributed by atoms with Crippen molar-refractivity contribution in [2.75, 3.05) is 10.0 Å². The molecule has 0 heterocycles. The maximum Gasteiger partial charge on any atom is 0.263 e. The summed E-state index contributed by atoms with van der Waals surface area (Å²) < 4.78 is 28.5. The van der Waals surface area contributed by atoms with Gasteiger partial charge in [0.2, 0.25) is 0 Å². The summed E-state index contributed by atoms with van der Waals surface area (Å²) in [7, 11) is -3.98. The lowest BCUT2D eigenvalue weighted by molar-refractivity contribution is 0.102. The predicted octanol–water partition coefficient (Wildman–Crippen LogP) is 5.57. The summed E-state index contributed by atoms with van der Waals surface area (Å²) in [5.41, 5.74) is 4.16. The highest BCUT2D eigenvalue weighted by molar-refractivity contribution is 7.92. The van der Waals surface area contributed by atoms with Crippen LogP contribution < -0.4 is 10.0 Å². The number of anilines is 2. The molecule has 0 aliphatic carbocycles. The molecule has 0 saturated heterocycles. The standard InChI is InChI=1S/C23H23ClN2O3S/c1-4-17-7-10-19(11-8-17)25-23(27)18-9-12-20(24)22(14-18)30(28,29)26-21-13-15(2)5-6-16(21)3/h5-14,26H,4H2,1-3H3,(H,25,27). The first-order chi connectivity index (χ1) is 14.2. The minimum Gasteiger partial charge on any atom is -0.322 e. The van der Waals surface area contributed by atoms with E-state index in [0.717, 1.165) is 23.1 Å². The molecule has 156 valence electrons. The molecular weight excluding hydrogens is 420 g/mol. The maximum absolute atomic E-state index is 13.0. The average molecular weight is 443 g/mol. The predicted molar refractivity (Wildman–Crippen MR) is 122 cm³/mol. The van der Waals surface area contributed by atoms with Crippen molar-refractivity contribution >= 4 is 38.9 Å². The monoisotopic (exact) mass is 442 g/mol. The van der Waals surface area contributed by atoms with Crippen molar-refractivity contribution in [3.63, 3.8) is 0 Å². The van der Waals surface area contributed by atoms with Crippen molar-refractivity contribution in [2.24, 2.45) is 0 Å². The second-order valence-electron chi connectivity index (χ2n) is 7.07. The van der Waals surface area contributed by atoms with Crippen molar-refractivity contribution < 1.29 is 13.2 Å². The number of halogens is 1. The lowest BCUT2D eigenvalue weighted by Crippen LogP contribution is -2.17. The van der Waals surface area contributed by atoms with Crippen LogP contribution in [0.15, 0.2) is 65.6 Å². The molecule has 0 aliphatic heterocycles. The molecular formula is C23H23ClN2O3S. The van der Waals surface area contributed by atoms with Gasteiger partial charge in [0, 0.05) is 11.3 Å². The van der Waals surface area contributed by atoms with E-state index < -0.39 is 15.9 Å². The Hall–Kier alpha value is -2.83. The number of amides is 1. The Morgan fingerprint density at radius 3 is 2.33 bits per heavy atom. The van der Waals surface area contributed by atoms with Gasteiger partial charge in [-0.25, -0.2) is 8.42 Å². The second kappa shape index (κ2) is 8.90. The van der Waals surface area contributed by atoms with Crippen LogP contribution >= 0.6 is 11.6 Å². The van der Waals surface area contributed by atoms with E-state index in [4.69, 9.17) is 11.6 Å². The first-order valence-electron chi connectivity index (χ1n) is 9.49. The van der Waals surface area contributed by atoms with Crippen LogP contribution in [0.5, 0.6) is 0 Å². The SMILES string of the molecule is CCc1ccc(NC(=O)c2ccc(Cl)c(S(=O)(=O)Nc3cc(C)ccc3C)c2)cc1. The van der Waals surface area contributed by atoms with Crippen LogP contribution in [0.3, 0.4) is 0 Å². The van der Waals surface area contributed by atoms with Gasteiger partial charge in [-0.05, 0) is 73.4 Å². The third-order valence-electron chi connectivity index (χ3n) is 4.74. The number of carbonyl (C=O) groups is 1. The van der Waals surface area contributed by atoms with Gasteiger partial charge in [-0.3, -0.25) is 9.52 Å². The second-order valence-corrected chi connectivity index (χ2v) is 9.13. The summed E-state index contributed by atoms with van der Waals surface area (Å²) in [6, 6.07) is 17.2. The van der Waals surface area contributed by atoms with Crippen LogP contribution in [0.2, 0.25) is 5.02 Å². The molecule has 0 atom stereocenters. The van der Waals surface area contributed by atoms with Gasteiger partial charge in [-0.15, -0.1) is 0 Å². The number of benzene rings is 3. The van der Waals surface area contributed by atoms with Crippen LogP contribution in [0.4, 0.5) is 11.4 Å². The summed E-state index contributed by atoms with van der Waals surface area (Å²) in [5.74, 6) is -0.417. The quantitative estimate of drug-likeness (QED) is 0.523. The molecule has 30 heavy (non-hydrogen) atoms. The first kappa shape index (κ1) is 21.9. The minimum absolute atomic E-state index is 0.0386. The zero-order valence-electron chi connectivity index (χ0n) is 17.0. The molecule has 0 aliphatic rings. The Labute approximate surface area is 182 Å². The molecule has 3 rings (SSSR count). The van der Waals surface area contributed by atoms with E-state index in [-0.39, 0.29) is 15.5 Å². The Kier molecular flexibility index (Phi) is 6.48. The molecule has 0 radical (unpaired) electrons. The topological polar surface area (TPSA) is 75.3 Å². The van der Waals surface area contributed by atoms with Gasteiger partial charge >= 0.3 is 0 Å². The van der Waals surface area contributed by atoms with E-state index in [1.165, 1.54) is 18.2 Å². The summed E-state index contributed by atoms with van der Waals surface area (Å²) >= 11 is 6.17. The highest BCUT2D eigenvalue weighted by atomic mass is 35.5. The fourth-order valence-corrected chi connectivity index (χ4v) is 4.57. The summed E-state index contributed by atoms with van der Waals surface area (Å²) in [4.78, 5) is 12.5. The summed E-state index contributed by atoms with van der Waals surface area (Å²) in [5, 5.41) is 2.82. The first-order valence-corrected chi connectivity index (χ1v) is 11.4. The van der Waals surface area contributed by atoms with E-state index in [2.05, 4.69) is 17.0 Å². The number of rotatable bonds is 6. The maximum atomic E-state index is 13.0. The van der Waals surface area contributed by atoms with E-state index >= 15 is 0 Å². The van der Waals surface area contributed by atoms with E-state index in [1.54, 1.807) is 6.07 Å². The largest absolute Gasteiger partial charge is 0.322 e. The Balaban J connectivity index is 1.88. The fourth-order valence-electron chi connectivity index (χ4n) is 2.92. The zero-order chi connectivity index (χ0) is 21.9. The molecule has 7 heteroatoms. The molecule has 5 nitrogen and oxygen atoms in total. The number of carbonyl (C=O) groups excluding carboxylic acids is 1. The number of hydrogen-bond acceptors (Lipinski definition) is 3. The van der Waals surface area contributed by atoms with E-state index in [9.17, 15) is 13.2 Å². The Morgan fingerprint density at radius 2 is 1.67 bits per heavy atom. The van der Waals surface area contributed by atoms with Crippen LogP contribution in [0.1, 0.15) is 34.0 Å². The van der Waals surface area contributed by atoms with Crippen LogP contribution in [-0.2, 0) is 16.4 Å². The Morgan fingerprint density at radius 1 is 0.967 bits per heavy atom. The molecule has 0 fully saturated rings. The molecule has 0 bridgehead atoms. The third-order valence-corrected chi connectivity index (χ3v) is 6.59. The third kappa shape index (κ3) is 5.01. The normalized spacial score (nSPS) is 11.2. The summed E-state index contributed by atoms with van der Waals surface area (Å²) in [6.45, 7) is 5.74. The van der Waals surface area contributed by atoms with Crippen molar-refractivity contribution in [1.29, 1.82) is 0 Å². The van der Waals surface area contributed by atoms with Crippen molar-refractivity contribution in [1.82, 2.24) is 0 Å². The molecule has 3 aromatic carbocycles. The number of aryl methyl sites for hydroxylation is 3. The van der Waals surface area contributed by atoms with Gasteiger partial charge in [0.25, 0.3) is 15.9 Å². The van der Waals surface area contributed by atoms with Gasteiger partial charge in [-0.1, -0.05) is 42.8 Å². The lowest BCUT2D eigenvalue weighted by atomic mass is 10.1. The zero-order valence-corrected chi connectivity index (χ0v) is 18.6. The Bertz CT molecular complexity index is 1190.